The van der Waals surface area contributed by atoms with Crippen molar-refractivity contribution < 1.29 is 24.5 Å². The molecule has 8 rings (SSSR count). The second-order valence-corrected chi connectivity index (χ2v) is 20.1. The number of hydrogen-bond donors (Lipinski definition) is 0. The molecule has 0 aliphatic rings. The van der Waals surface area contributed by atoms with Crippen molar-refractivity contribution in [2.24, 2.45) is 5.92 Å². The average Bonchev–Trinajstić information content (AvgIpc) is 3.72. The maximum Gasteiger partial charge on any atom is 0.0798 e. The van der Waals surface area contributed by atoms with Crippen molar-refractivity contribution in [2.45, 2.75) is 59.7 Å². The van der Waals surface area contributed by atoms with Crippen molar-refractivity contribution in [3.8, 4) is 28.3 Å². The molecule has 0 unspecified atom stereocenters. The minimum Gasteiger partial charge on any atom is -0.557 e. The van der Waals surface area contributed by atoms with Gasteiger partial charge in [0.1, 0.15) is 0 Å². The summed E-state index contributed by atoms with van der Waals surface area (Å²) in [5, 5.41) is 4.92. The molecule has 0 spiro atoms. The van der Waals surface area contributed by atoms with Crippen molar-refractivity contribution in [2.75, 3.05) is 0 Å². The third-order valence-corrected chi connectivity index (χ3v) is 11.5. The third-order valence-electron chi connectivity index (χ3n) is 9.41. The fourth-order valence-electron chi connectivity index (χ4n) is 6.84. The maximum absolute atomic E-state index is 5.83. The Bertz CT molecular complexity index is 2450. The van der Waals surface area contributed by atoms with Crippen LogP contribution in [0, 0.1) is 18.2 Å². The van der Waals surface area contributed by atoms with Crippen molar-refractivity contribution in [3.05, 3.63) is 145 Å². The molecule has 0 atom stereocenters. The number of aromatic nitrogens is 3. The van der Waals surface area contributed by atoms with Gasteiger partial charge in [-0.3, -0.25) is 4.98 Å². The van der Waals surface area contributed by atoms with E-state index in [2.05, 4.69) is 160 Å². The standard InChI is InChI=1S/C28H21N2O.C18H24NSi.Ir/c1-18(2)20-14-15-27-22(16-20)23(17-31-27)28-29-24-11-5-6-12-26(24)30(28)25-13-7-9-19-8-3-4-10-21(19)25;1-14(2)11-16-12-17(15-9-7-6-8-10-15)19-13-18(16)20(3,4)5;/h3-16,18H,1-2H3;6-9,12-14H,11H2,1-5H3;/q2*-1;. The van der Waals surface area contributed by atoms with E-state index in [1.165, 1.54) is 27.1 Å². The predicted octanol–water partition coefficient (Wildman–Crippen LogP) is 11.8. The molecule has 4 nitrogen and oxygen atoms in total. The van der Waals surface area contributed by atoms with Crippen LogP contribution in [0.4, 0.5) is 0 Å². The van der Waals surface area contributed by atoms with E-state index in [1.54, 1.807) is 0 Å². The van der Waals surface area contributed by atoms with Crippen LogP contribution in [0.5, 0.6) is 0 Å². The number of imidazole rings is 1. The smallest absolute Gasteiger partial charge is 0.0798 e. The predicted molar refractivity (Wildman–Crippen MR) is 217 cm³/mol. The summed E-state index contributed by atoms with van der Waals surface area (Å²) in [6, 6.07) is 43.1. The molecule has 1 radical (unpaired) electrons. The van der Waals surface area contributed by atoms with E-state index >= 15 is 0 Å². The normalized spacial score (nSPS) is 11.6. The minimum atomic E-state index is -1.34. The maximum atomic E-state index is 5.83. The van der Waals surface area contributed by atoms with E-state index < -0.39 is 8.07 Å². The molecule has 0 aliphatic carbocycles. The Balaban J connectivity index is 0.000000193. The fraction of sp³-hybridized carbons (Fsp3) is 0.217. The Hall–Kier alpha value is -4.61. The number of hydrogen-bond acceptors (Lipinski definition) is 3. The molecule has 0 amide bonds. The van der Waals surface area contributed by atoms with Gasteiger partial charge in [0.15, 0.2) is 0 Å². The SMILES string of the molecule is CC(C)Cc1cc(-c2[c-]cccc2)ncc1[Si](C)(C)C.CC(C)c1ccc2o[c-]c(-c3nc4ccccc4n3-c3cccc4ccccc34)c2c1.[Ir]. The van der Waals surface area contributed by atoms with Crippen LogP contribution in [0.2, 0.25) is 19.6 Å². The van der Waals surface area contributed by atoms with Gasteiger partial charge in [0.05, 0.1) is 24.9 Å². The van der Waals surface area contributed by atoms with Gasteiger partial charge in [0.2, 0.25) is 0 Å². The first kappa shape index (κ1) is 37.2. The van der Waals surface area contributed by atoms with Gasteiger partial charge in [-0.2, -0.15) is 0 Å². The number of benzene rings is 5. The van der Waals surface area contributed by atoms with Gasteiger partial charge in [-0.15, -0.1) is 35.9 Å². The number of para-hydroxylation sites is 2. The molecule has 8 aromatic rings. The molecule has 5 aromatic carbocycles. The summed E-state index contributed by atoms with van der Waals surface area (Å²) >= 11 is 0. The Morgan fingerprint density at radius 1 is 0.788 bits per heavy atom. The second-order valence-electron chi connectivity index (χ2n) is 15.1. The Morgan fingerprint density at radius 2 is 1.54 bits per heavy atom. The zero-order chi connectivity index (χ0) is 35.7. The summed E-state index contributed by atoms with van der Waals surface area (Å²) in [5.74, 6) is 1.95. The van der Waals surface area contributed by atoms with Crippen LogP contribution in [0.1, 0.15) is 44.7 Å². The van der Waals surface area contributed by atoms with Crippen LogP contribution in [-0.2, 0) is 26.5 Å². The minimum absolute atomic E-state index is 0. The van der Waals surface area contributed by atoms with Crippen molar-refractivity contribution in [1.29, 1.82) is 0 Å². The zero-order valence-electron chi connectivity index (χ0n) is 31.0. The summed E-state index contributed by atoms with van der Waals surface area (Å²) in [7, 11) is -1.34. The number of furan rings is 1. The van der Waals surface area contributed by atoms with Crippen molar-refractivity contribution in [3.63, 3.8) is 0 Å². The topological polar surface area (TPSA) is 43.9 Å². The monoisotopic (exact) mass is 876 g/mol. The molecular formula is C46H45IrN3OSi-2. The molecule has 3 heterocycles. The molecule has 0 aliphatic heterocycles. The largest absolute Gasteiger partial charge is 0.557 e. The summed E-state index contributed by atoms with van der Waals surface area (Å²) in [5.41, 5.74) is 9.72. The van der Waals surface area contributed by atoms with Crippen LogP contribution in [0.3, 0.4) is 0 Å². The van der Waals surface area contributed by atoms with Crippen LogP contribution in [0.15, 0.2) is 126 Å². The molecule has 265 valence electrons. The average molecular weight is 876 g/mol. The number of nitrogens with zero attached hydrogens (tertiary/aromatic N) is 3. The summed E-state index contributed by atoms with van der Waals surface area (Å²) in [6.45, 7) is 16.1. The van der Waals surface area contributed by atoms with Crippen LogP contribution in [0.25, 0.3) is 61.1 Å². The number of rotatable bonds is 7. The molecule has 0 N–H and O–H groups in total. The third kappa shape index (κ3) is 7.61. The molecule has 0 fully saturated rings. The molecular weight excluding hydrogens is 831 g/mol. The van der Waals surface area contributed by atoms with E-state index in [0.29, 0.717) is 11.8 Å². The van der Waals surface area contributed by atoms with Gasteiger partial charge in [0.25, 0.3) is 0 Å². The van der Waals surface area contributed by atoms with Crippen molar-refractivity contribution in [1.82, 2.24) is 14.5 Å². The van der Waals surface area contributed by atoms with Crippen LogP contribution in [-0.4, -0.2) is 22.6 Å². The Labute approximate surface area is 322 Å². The van der Waals surface area contributed by atoms with Crippen LogP contribution < -0.4 is 5.19 Å². The Kier molecular flexibility index (Phi) is 11.1. The number of pyridine rings is 1. The van der Waals surface area contributed by atoms with Gasteiger partial charge in [0, 0.05) is 49.2 Å². The fourth-order valence-corrected chi connectivity index (χ4v) is 8.43. The zero-order valence-corrected chi connectivity index (χ0v) is 34.4. The van der Waals surface area contributed by atoms with Gasteiger partial charge < -0.3 is 14.0 Å². The molecule has 6 heteroatoms. The van der Waals surface area contributed by atoms with Crippen LogP contribution >= 0.6 is 0 Å². The van der Waals surface area contributed by atoms with E-state index in [1.807, 2.05) is 30.3 Å². The quantitative estimate of drug-likeness (QED) is 0.118. The first-order valence-corrected chi connectivity index (χ1v) is 21.4. The second kappa shape index (κ2) is 15.6. The molecule has 0 saturated heterocycles. The summed E-state index contributed by atoms with van der Waals surface area (Å²) in [4.78, 5) is 9.72. The van der Waals surface area contributed by atoms with E-state index in [9.17, 15) is 0 Å². The van der Waals surface area contributed by atoms with Gasteiger partial charge in [-0.25, -0.2) is 0 Å². The summed E-state index contributed by atoms with van der Waals surface area (Å²) < 4.78 is 8.07. The summed E-state index contributed by atoms with van der Waals surface area (Å²) in [6.07, 6.45) is 6.40. The molecule has 0 bridgehead atoms. The Morgan fingerprint density at radius 3 is 2.29 bits per heavy atom. The van der Waals surface area contributed by atoms with E-state index in [0.717, 1.165) is 56.8 Å². The van der Waals surface area contributed by atoms with Crippen molar-refractivity contribution >= 4 is 46.0 Å². The molecule has 52 heavy (non-hydrogen) atoms. The molecule has 3 aromatic heterocycles. The number of fused-ring (bicyclic) bond motifs is 3. The molecule has 0 saturated carbocycles. The first-order chi connectivity index (χ1) is 24.6. The van der Waals surface area contributed by atoms with E-state index in [4.69, 9.17) is 9.40 Å². The van der Waals surface area contributed by atoms with E-state index in [-0.39, 0.29) is 20.1 Å². The van der Waals surface area contributed by atoms with Gasteiger partial charge in [-0.1, -0.05) is 142 Å². The first-order valence-electron chi connectivity index (χ1n) is 17.9. The van der Waals surface area contributed by atoms with Gasteiger partial charge >= 0.3 is 0 Å². The van der Waals surface area contributed by atoms with Gasteiger partial charge in [-0.05, 0) is 52.7 Å².